The van der Waals surface area contributed by atoms with Crippen molar-refractivity contribution in [2.24, 2.45) is 4.99 Å². The van der Waals surface area contributed by atoms with Crippen molar-refractivity contribution in [1.29, 1.82) is 0 Å². The van der Waals surface area contributed by atoms with Gasteiger partial charge in [0, 0.05) is 30.3 Å². The van der Waals surface area contributed by atoms with Crippen LogP contribution < -0.4 is 14.2 Å². The Morgan fingerprint density at radius 1 is 1.00 bits per heavy atom. The molecule has 1 heterocycles. The topological polar surface area (TPSA) is 65.0 Å². The molecule has 208 valence electrons. The maximum atomic E-state index is 6.25. The van der Waals surface area contributed by atoms with Crippen LogP contribution >= 0.6 is 11.9 Å². The monoisotopic (exact) mass is 547 g/mol. The molecule has 39 heavy (non-hydrogen) atoms. The number of ether oxygens (including phenoxy) is 3. The minimum atomic E-state index is 0.415. The number of amidine groups is 1. The van der Waals surface area contributed by atoms with E-state index < -0.39 is 0 Å². The molecule has 0 aliphatic heterocycles. The summed E-state index contributed by atoms with van der Waals surface area (Å²) < 4.78 is 21.2. The van der Waals surface area contributed by atoms with Gasteiger partial charge >= 0.3 is 0 Å². The van der Waals surface area contributed by atoms with Crippen LogP contribution in [0, 0.1) is 6.92 Å². The van der Waals surface area contributed by atoms with Crippen molar-refractivity contribution in [3.8, 4) is 22.6 Å². The Morgan fingerprint density at radius 3 is 2.44 bits per heavy atom. The van der Waals surface area contributed by atoms with Crippen molar-refractivity contribution in [1.82, 2.24) is 9.71 Å². The van der Waals surface area contributed by atoms with E-state index in [9.17, 15) is 0 Å². The van der Waals surface area contributed by atoms with Crippen LogP contribution in [0.5, 0.6) is 11.5 Å². The molecule has 6 nitrogen and oxygen atoms in total. The highest BCUT2D eigenvalue weighted by molar-refractivity contribution is 7.98. The molecule has 0 saturated carbocycles. The lowest BCUT2D eigenvalue weighted by Crippen LogP contribution is -2.18. The van der Waals surface area contributed by atoms with Crippen molar-refractivity contribution in [3.05, 3.63) is 82.2 Å². The summed E-state index contributed by atoms with van der Waals surface area (Å²) in [6, 6.07) is 16.8. The van der Waals surface area contributed by atoms with Crippen LogP contribution in [0.4, 0.5) is 0 Å². The normalized spacial score (nSPS) is 11.3. The van der Waals surface area contributed by atoms with Gasteiger partial charge in [-0.2, -0.15) is 0 Å². The van der Waals surface area contributed by atoms with Crippen molar-refractivity contribution in [2.45, 2.75) is 66.1 Å². The Bertz CT molecular complexity index is 1330. The lowest BCUT2D eigenvalue weighted by atomic mass is 9.98. The third-order valence-corrected chi connectivity index (χ3v) is 7.39. The van der Waals surface area contributed by atoms with Gasteiger partial charge in [0.05, 0.1) is 19.4 Å². The SMILES string of the molecule is CCOCc1cc(COc2cc(CC)nc(C)c2OC)ccc1-c1ccccc1SNC(=NC)C(C)=C(C)C. The van der Waals surface area contributed by atoms with Gasteiger partial charge in [0.1, 0.15) is 12.4 Å². The first kappa shape index (κ1) is 30.3. The van der Waals surface area contributed by atoms with Gasteiger partial charge in [-0.15, -0.1) is 0 Å². The molecule has 0 atom stereocenters. The minimum absolute atomic E-state index is 0.415. The van der Waals surface area contributed by atoms with Gasteiger partial charge in [0.25, 0.3) is 0 Å². The molecule has 0 aliphatic carbocycles. The largest absolute Gasteiger partial charge is 0.491 e. The second kappa shape index (κ2) is 14.8. The second-order valence-electron chi connectivity index (χ2n) is 9.40. The zero-order valence-corrected chi connectivity index (χ0v) is 25.3. The Labute approximate surface area is 238 Å². The Morgan fingerprint density at radius 2 is 1.77 bits per heavy atom. The number of nitrogens with one attached hydrogen (secondary N) is 1. The molecule has 7 heteroatoms. The summed E-state index contributed by atoms with van der Waals surface area (Å²) in [7, 11) is 3.46. The molecular formula is C32H41N3O3S. The molecule has 3 rings (SSSR count). The first-order valence-corrected chi connectivity index (χ1v) is 14.1. The van der Waals surface area contributed by atoms with Gasteiger partial charge in [-0.25, -0.2) is 0 Å². The van der Waals surface area contributed by atoms with E-state index in [1.807, 2.05) is 27.0 Å². The van der Waals surface area contributed by atoms with Gasteiger partial charge in [0.2, 0.25) is 0 Å². The van der Waals surface area contributed by atoms with Crippen molar-refractivity contribution in [3.63, 3.8) is 0 Å². The summed E-state index contributed by atoms with van der Waals surface area (Å²) in [6.45, 7) is 13.9. The van der Waals surface area contributed by atoms with Gasteiger partial charge in [0.15, 0.2) is 11.5 Å². The van der Waals surface area contributed by atoms with Gasteiger partial charge in [-0.05, 0) is 92.9 Å². The zero-order valence-electron chi connectivity index (χ0n) is 24.5. The summed E-state index contributed by atoms with van der Waals surface area (Å²) in [4.78, 5) is 10.2. The van der Waals surface area contributed by atoms with Gasteiger partial charge in [-0.3, -0.25) is 9.98 Å². The van der Waals surface area contributed by atoms with E-state index in [1.54, 1.807) is 19.1 Å². The second-order valence-corrected chi connectivity index (χ2v) is 10.2. The van der Waals surface area contributed by atoms with Crippen LogP contribution in [-0.4, -0.2) is 31.6 Å². The third kappa shape index (κ3) is 7.87. The Kier molecular flexibility index (Phi) is 11.4. The molecule has 0 saturated heterocycles. The smallest absolute Gasteiger partial charge is 0.182 e. The summed E-state index contributed by atoms with van der Waals surface area (Å²) in [5.41, 5.74) is 8.65. The number of rotatable bonds is 12. The quantitative estimate of drug-likeness (QED) is 0.142. The van der Waals surface area contributed by atoms with E-state index in [1.165, 1.54) is 5.57 Å². The fourth-order valence-corrected chi connectivity index (χ4v) is 5.02. The van der Waals surface area contributed by atoms with Crippen LogP contribution in [0.15, 0.2) is 69.6 Å². The lowest BCUT2D eigenvalue weighted by molar-refractivity contribution is 0.134. The van der Waals surface area contributed by atoms with E-state index in [2.05, 4.69) is 84.9 Å². The number of hydrogen-bond acceptors (Lipinski definition) is 6. The molecule has 1 aromatic heterocycles. The number of hydrogen-bond donors (Lipinski definition) is 1. The fourth-order valence-electron chi connectivity index (χ4n) is 4.13. The Balaban J connectivity index is 1.91. The minimum Gasteiger partial charge on any atom is -0.491 e. The maximum Gasteiger partial charge on any atom is 0.182 e. The number of pyridine rings is 1. The number of aliphatic imine (C=N–C) groups is 1. The van der Waals surface area contributed by atoms with E-state index in [4.69, 9.17) is 14.2 Å². The van der Waals surface area contributed by atoms with Crippen LogP contribution in [0.25, 0.3) is 11.1 Å². The van der Waals surface area contributed by atoms with E-state index in [0.29, 0.717) is 31.3 Å². The predicted octanol–water partition coefficient (Wildman–Crippen LogP) is 7.72. The first-order chi connectivity index (χ1) is 18.8. The number of benzene rings is 2. The molecule has 3 aromatic rings. The zero-order chi connectivity index (χ0) is 28.4. The van der Waals surface area contributed by atoms with Gasteiger partial charge < -0.3 is 18.9 Å². The Hall–Kier alpha value is -3.29. The molecular weight excluding hydrogens is 506 g/mol. The number of nitrogens with zero attached hydrogens (tertiary/aromatic N) is 2. The van der Waals surface area contributed by atoms with Crippen molar-refractivity contribution in [2.75, 3.05) is 20.8 Å². The van der Waals surface area contributed by atoms with Crippen LogP contribution in [0.2, 0.25) is 0 Å². The maximum absolute atomic E-state index is 6.25. The average molecular weight is 548 g/mol. The van der Waals surface area contributed by atoms with E-state index >= 15 is 0 Å². The van der Waals surface area contributed by atoms with Crippen LogP contribution in [-0.2, 0) is 24.4 Å². The van der Waals surface area contributed by atoms with E-state index in [-0.39, 0.29) is 0 Å². The highest BCUT2D eigenvalue weighted by Crippen LogP contribution is 2.35. The molecule has 1 N–H and O–H groups in total. The number of aryl methyl sites for hydroxylation is 2. The summed E-state index contributed by atoms with van der Waals surface area (Å²) in [5, 5.41) is 0. The average Bonchev–Trinajstić information content (AvgIpc) is 2.95. The molecule has 0 aliphatic rings. The van der Waals surface area contributed by atoms with Crippen molar-refractivity contribution >= 4 is 17.8 Å². The van der Waals surface area contributed by atoms with Crippen molar-refractivity contribution < 1.29 is 14.2 Å². The number of methoxy groups -OCH3 is 1. The van der Waals surface area contributed by atoms with E-state index in [0.717, 1.165) is 56.4 Å². The molecule has 0 unspecified atom stereocenters. The number of aromatic nitrogens is 1. The standard InChI is InChI=1S/C32H41N3O3S/c1-9-26-18-29(31(36-8)23(6)34-26)38-19-24-15-16-27(25(17-24)20-37-10-2)28-13-11-12-14-30(28)39-35-32(33-7)22(5)21(3)4/h11-18H,9-10,19-20H2,1-8H3,(H,33,35). The third-order valence-electron chi connectivity index (χ3n) is 6.52. The summed E-state index contributed by atoms with van der Waals surface area (Å²) in [6.07, 6.45) is 0.834. The number of allylic oxidation sites excluding steroid dienone is 1. The lowest BCUT2D eigenvalue weighted by Gasteiger charge is -2.17. The van der Waals surface area contributed by atoms with Crippen LogP contribution in [0.3, 0.4) is 0 Å². The molecule has 2 aromatic carbocycles. The molecule has 0 radical (unpaired) electrons. The summed E-state index contributed by atoms with van der Waals surface area (Å²) >= 11 is 1.57. The highest BCUT2D eigenvalue weighted by atomic mass is 32.2. The highest BCUT2D eigenvalue weighted by Gasteiger charge is 2.15. The summed E-state index contributed by atoms with van der Waals surface area (Å²) in [5.74, 6) is 2.27. The molecule has 0 bridgehead atoms. The van der Waals surface area contributed by atoms with Crippen LogP contribution in [0.1, 0.15) is 57.1 Å². The predicted molar refractivity (Wildman–Crippen MR) is 163 cm³/mol. The first-order valence-electron chi connectivity index (χ1n) is 13.3. The molecule has 0 amide bonds. The fraction of sp³-hybridized carbons (Fsp3) is 0.375. The van der Waals surface area contributed by atoms with Gasteiger partial charge in [-0.1, -0.05) is 42.8 Å². The molecule has 0 fully saturated rings. The molecule has 0 spiro atoms.